The number of nitrogens with zero attached hydrogens (tertiary/aromatic N) is 1. The molecule has 0 bridgehead atoms. The fraction of sp³-hybridized carbons (Fsp3) is 0.389. The van der Waals surface area contributed by atoms with Crippen molar-refractivity contribution in [2.75, 3.05) is 13.2 Å². The maximum Gasteiger partial charge on any atom is 0.375 e. The van der Waals surface area contributed by atoms with Gasteiger partial charge >= 0.3 is 5.97 Å². The SMILES string of the molecule is C[C@@H](NC(=O)C1CCOCC1)c1c(-c2ccc(F)cc2)noc1C(=O)O. The summed E-state index contributed by atoms with van der Waals surface area (Å²) >= 11 is 0. The van der Waals surface area contributed by atoms with Crippen molar-refractivity contribution < 1.29 is 28.3 Å². The van der Waals surface area contributed by atoms with Crippen LogP contribution in [0.5, 0.6) is 0 Å². The van der Waals surface area contributed by atoms with E-state index in [1.165, 1.54) is 24.3 Å². The van der Waals surface area contributed by atoms with Crippen LogP contribution < -0.4 is 5.32 Å². The number of carboxylic acids is 1. The zero-order valence-electron chi connectivity index (χ0n) is 14.2. The van der Waals surface area contributed by atoms with Gasteiger partial charge in [0.1, 0.15) is 11.5 Å². The Morgan fingerprint density at radius 1 is 1.27 bits per heavy atom. The Morgan fingerprint density at radius 2 is 1.92 bits per heavy atom. The molecule has 0 radical (unpaired) electrons. The van der Waals surface area contributed by atoms with Crippen LogP contribution in [0.15, 0.2) is 28.8 Å². The van der Waals surface area contributed by atoms with Gasteiger partial charge in [0, 0.05) is 24.7 Å². The molecule has 0 aliphatic carbocycles. The second-order valence-electron chi connectivity index (χ2n) is 6.20. The average molecular weight is 362 g/mol. The standard InChI is InChI=1S/C18H19FN2O5/c1-10(20-17(22)12-6-8-25-9-7-12)14-15(21-26-16(14)18(23)24)11-2-4-13(19)5-3-11/h2-5,10,12H,6-9H2,1H3,(H,20,22)(H,23,24)/t10-/m1/s1. The minimum atomic E-state index is -1.28. The Hall–Kier alpha value is -2.74. The quantitative estimate of drug-likeness (QED) is 0.848. The molecule has 1 atom stereocenters. The van der Waals surface area contributed by atoms with Gasteiger partial charge in [0.2, 0.25) is 11.7 Å². The summed E-state index contributed by atoms with van der Waals surface area (Å²) in [6.45, 7) is 2.73. The number of halogens is 1. The lowest BCUT2D eigenvalue weighted by molar-refractivity contribution is -0.128. The molecule has 138 valence electrons. The molecular formula is C18H19FN2O5. The Balaban J connectivity index is 1.88. The molecule has 1 amide bonds. The number of benzene rings is 1. The van der Waals surface area contributed by atoms with E-state index < -0.39 is 17.8 Å². The molecule has 26 heavy (non-hydrogen) atoms. The number of ether oxygens (including phenoxy) is 1. The topological polar surface area (TPSA) is 102 Å². The average Bonchev–Trinajstić information content (AvgIpc) is 3.08. The molecule has 0 saturated carbocycles. The van der Waals surface area contributed by atoms with Crippen LogP contribution in [-0.2, 0) is 9.53 Å². The molecule has 1 aromatic carbocycles. The first-order valence-corrected chi connectivity index (χ1v) is 8.34. The van der Waals surface area contributed by atoms with Crippen LogP contribution in [0.25, 0.3) is 11.3 Å². The number of nitrogens with one attached hydrogen (secondary N) is 1. The summed E-state index contributed by atoms with van der Waals surface area (Å²) in [6, 6.07) is 4.83. The predicted octanol–water partition coefficient (Wildman–Crippen LogP) is 2.78. The molecule has 0 spiro atoms. The normalized spacial score (nSPS) is 16.2. The number of aromatic nitrogens is 1. The van der Waals surface area contributed by atoms with Crippen LogP contribution in [0.4, 0.5) is 4.39 Å². The monoisotopic (exact) mass is 362 g/mol. The number of aromatic carboxylic acids is 1. The number of hydrogen-bond donors (Lipinski definition) is 2. The predicted molar refractivity (Wildman–Crippen MR) is 89.0 cm³/mol. The maximum absolute atomic E-state index is 13.2. The van der Waals surface area contributed by atoms with Gasteiger partial charge in [0.25, 0.3) is 0 Å². The van der Waals surface area contributed by atoms with E-state index in [0.717, 1.165) is 0 Å². The third-order valence-corrected chi connectivity index (χ3v) is 4.42. The van der Waals surface area contributed by atoms with Crippen LogP contribution in [0, 0.1) is 11.7 Å². The molecule has 0 unspecified atom stereocenters. The highest BCUT2D eigenvalue weighted by Crippen LogP contribution is 2.31. The van der Waals surface area contributed by atoms with Crippen LogP contribution in [0.3, 0.4) is 0 Å². The molecule has 2 N–H and O–H groups in total. The van der Waals surface area contributed by atoms with Gasteiger partial charge in [-0.1, -0.05) is 5.16 Å². The molecule has 7 nitrogen and oxygen atoms in total. The first-order chi connectivity index (χ1) is 12.5. The molecule has 1 fully saturated rings. The molecule has 1 aliphatic rings. The number of carbonyl (C=O) groups is 2. The maximum atomic E-state index is 13.2. The summed E-state index contributed by atoms with van der Waals surface area (Å²) in [6.07, 6.45) is 1.25. The van der Waals surface area contributed by atoms with E-state index in [0.29, 0.717) is 31.6 Å². The summed E-state index contributed by atoms with van der Waals surface area (Å²) < 4.78 is 23.4. The second-order valence-corrected chi connectivity index (χ2v) is 6.20. The van der Waals surface area contributed by atoms with Crippen molar-refractivity contribution in [3.8, 4) is 11.3 Å². The van der Waals surface area contributed by atoms with Gasteiger partial charge in [-0.05, 0) is 44.0 Å². The highest BCUT2D eigenvalue weighted by atomic mass is 19.1. The largest absolute Gasteiger partial charge is 0.475 e. The number of rotatable bonds is 5. The minimum Gasteiger partial charge on any atom is -0.475 e. The van der Waals surface area contributed by atoms with E-state index in [4.69, 9.17) is 9.26 Å². The smallest absolute Gasteiger partial charge is 0.375 e. The number of amides is 1. The van der Waals surface area contributed by atoms with E-state index in [1.54, 1.807) is 6.92 Å². The van der Waals surface area contributed by atoms with Crippen LogP contribution in [0.1, 0.15) is 41.9 Å². The lowest BCUT2D eigenvalue weighted by Crippen LogP contribution is -2.36. The zero-order chi connectivity index (χ0) is 18.7. The zero-order valence-corrected chi connectivity index (χ0v) is 14.2. The minimum absolute atomic E-state index is 0.164. The summed E-state index contributed by atoms with van der Waals surface area (Å²) in [4.78, 5) is 24.0. The molecular weight excluding hydrogens is 343 g/mol. The van der Waals surface area contributed by atoms with Gasteiger partial charge in [-0.2, -0.15) is 0 Å². The molecule has 3 rings (SSSR count). The summed E-state index contributed by atoms with van der Waals surface area (Å²) in [5.41, 5.74) is 1.02. The summed E-state index contributed by atoms with van der Waals surface area (Å²) in [5.74, 6) is -2.38. The van der Waals surface area contributed by atoms with Crippen molar-refractivity contribution in [1.82, 2.24) is 10.5 Å². The van der Waals surface area contributed by atoms with Gasteiger partial charge in [-0.15, -0.1) is 0 Å². The van der Waals surface area contributed by atoms with Crippen molar-refractivity contribution >= 4 is 11.9 Å². The Kier molecular flexibility index (Phi) is 5.32. The third kappa shape index (κ3) is 3.75. The first kappa shape index (κ1) is 18.1. The van der Waals surface area contributed by atoms with Crippen molar-refractivity contribution in [1.29, 1.82) is 0 Å². The Bertz CT molecular complexity index is 796. The van der Waals surface area contributed by atoms with E-state index in [2.05, 4.69) is 10.5 Å². The molecule has 1 aromatic heterocycles. The van der Waals surface area contributed by atoms with Crippen LogP contribution in [0.2, 0.25) is 0 Å². The van der Waals surface area contributed by atoms with E-state index in [-0.39, 0.29) is 28.8 Å². The molecule has 8 heteroatoms. The molecule has 2 aromatic rings. The highest BCUT2D eigenvalue weighted by Gasteiger charge is 2.30. The number of carbonyl (C=O) groups excluding carboxylic acids is 1. The number of hydrogen-bond acceptors (Lipinski definition) is 5. The number of carboxylic acid groups (broad SMARTS) is 1. The summed E-state index contributed by atoms with van der Waals surface area (Å²) in [5, 5.41) is 16.0. The third-order valence-electron chi connectivity index (χ3n) is 4.42. The van der Waals surface area contributed by atoms with Gasteiger partial charge < -0.3 is 19.7 Å². The Labute approximate surface area is 149 Å². The highest BCUT2D eigenvalue weighted by molar-refractivity contribution is 5.89. The van der Waals surface area contributed by atoms with Crippen molar-refractivity contribution in [2.45, 2.75) is 25.8 Å². The van der Waals surface area contributed by atoms with Crippen LogP contribution in [-0.4, -0.2) is 35.4 Å². The second kappa shape index (κ2) is 7.65. The molecule has 1 aliphatic heterocycles. The van der Waals surface area contributed by atoms with Gasteiger partial charge in [0.05, 0.1) is 11.6 Å². The fourth-order valence-corrected chi connectivity index (χ4v) is 3.03. The summed E-state index contributed by atoms with van der Waals surface area (Å²) in [7, 11) is 0. The Morgan fingerprint density at radius 3 is 2.54 bits per heavy atom. The molecule has 2 heterocycles. The first-order valence-electron chi connectivity index (χ1n) is 8.34. The van der Waals surface area contributed by atoms with Crippen molar-refractivity contribution in [3.05, 3.63) is 41.4 Å². The van der Waals surface area contributed by atoms with Crippen LogP contribution >= 0.6 is 0 Å². The van der Waals surface area contributed by atoms with Gasteiger partial charge in [0.15, 0.2) is 0 Å². The fourth-order valence-electron chi connectivity index (χ4n) is 3.03. The van der Waals surface area contributed by atoms with E-state index >= 15 is 0 Å². The lowest BCUT2D eigenvalue weighted by Gasteiger charge is -2.23. The van der Waals surface area contributed by atoms with E-state index in [1.807, 2.05) is 0 Å². The van der Waals surface area contributed by atoms with E-state index in [9.17, 15) is 19.1 Å². The molecule has 1 saturated heterocycles. The van der Waals surface area contributed by atoms with Gasteiger partial charge in [-0.3, -0.25) is 4.79 Å². The lowest BCUT2D eigenvalue weighted by atomic mass is 9.97. The van der Waals surface area contributed by atoms with Crippen molar-refractivity contribution in [3.63, 3.8) is 0 Å². The van der Waals surface area contributed by atoms with Crippen molar-refractivity contribution in [2.24, 2.45) is 5.92 Å². The van der Waals surface area contributed by atoms with Gasteiger partial charge in [-0.25, -0.2) is 9.18 Å².